The van der Waals surface area contributed by atoms with E-state index in [4.69, 9.17) is 0 Å². The van der Waals surface area contributed by atoms with Gasteiger partial charge in [-0.25, -0.2) is 4.79 Å². The van der Waals surface area contributed by atoms with Crippen molar-refractivity contribution in [2.45, 2.75) is 19.8 Å². The molecule has 5 nitrogen and oxygen atoms in total. The Labute approximate surface area is 92.6 Å². The van der Waals surface area contributed by atoms with Crippen molar-refractivity contribution in [1.82, 2.24) is 14.5 Å². The molecule has 82 valence electrons. The van der Waals surface area contributed by atoms with Gasteiger partial charge in [0.25, 0.3) is 0 Å². The van der Waals surface area contributed by atoms with Crippen molar-refractivity contribution < 1.29 is 4.79 Å². The largest absolute Gasteiger partial charge is 0.324 e. The van der Waals surface area contributed by atoms with Crippen LogP contribution in [0.4, 0.5) is 9.80 Å². The van der Waals surface area contributed by atoms with Crippen LogP contribution in [0.25, 0.3) is 0 Å². The second-order valence-corrected chi connectivity index (χ2v) is 4.67. The number of rotatable bonds is 1. The van der Waals surface area contributed by atoms with Gasteiger partial charge in [0, 0.05) is 24.6 Å². The molecule has 2 heterocycles. The van der Waals surface area contributed by atoms with Crippen molar-refractivity contribution in [1.29, 1.82) is 0 Å². The number of hydrogen-bond donors (Lipinski definition) is 1. The smallest absolute Gasteiger partial charge is 0.322 e. The van der Waals surface area contributed by atoms with Gasteiger partial charge in [-0.05, 0) is 18.8 Å². The molecule has 0 atom stereocenters. The van der Waals surface area contributed by atoms with Crippen molar-refractivity contribution in [3.8, 4) is 0 Å². The monoisotopic (exact) mass is 226 g/mol. The van der Waals surface area contributed by atoms with Gasteiger partial charge in [0.15, 0.2) is 0 Å². The van der Waals surface area contributed by atoms with Crippen LogP contribution < -0.4 is 5.32 Å². The van der Waals surface area contributed by atoms with Crippen LogP contribution in [0.1, 0.15) is 19.8 Å². The Morgan fingerprint density at radius 2 is 2.33 bits per heavy atom. The third-order valence-corrected chi connectivity index (χ3v) is 3.24. The summed E-state index contributed by atoms with van der Waals surface area (Å²) in [5, 5.41) is 7.16. The minimum absolute atomic E-state index is 0.0343. The van der Waals surface area contributed by atoms with Gasteiger partial charge >= 0.3 is 6.03 Å². The van der Waals surface area contributed by atoms with E-state index < -0.39 is 0 Å². The van der Waals surface area contributed by atoms with Gasteiger partial charge in [0.05, 0.1) is 6.20 Å². The molecule has 1 aromatic heterocycles. The summed E-state index contributed by atoms with van der Waals surface area (Å²) >= 11 is 1.20. The highest BCUT2D eigenvalue weighted by molar-refractivity contribution is 7.10. The summed E-state index contributed by atoms with van der Waals surface area (Å²) in [6.45, 7) is 3.92. The van der Waals surface area contributed by atoms with Crippen LogP contribution in [0.3, 0.4) is 0 Å². The number of hydrogen-bond acceptors (Lipinski definition) is 4. The SMILES string of the molecule is CC1CCN(C(=O)Nc2cnns2)CC1. The second-order valence-electron chi connectivity index (χ2n) is 3.88. The maximum absolute atomic E-state index is 11.7. The van der Waals surface area contributed by atoms with E-state index in [1.54, 1.807) is 6.20 Å². The first-order valence-electron chi connectivity index (χ1n) is 5.09. The van der Waals surface area contributed by atoms with Crippen molar-refractivity contribution >= 4 is 22.6 Å². The van der Waals surface area contributed by atoms with E-state index in [-0.39, 0.29) is 6.03 Å². The lowest BCUT2D eigenvalue weighted by Gasteiger charge is -2.29. The summed E-state index contributed by atoms with van der Waals surface area (Å²) in [6.07, 6.45) is 3.75. The van der Waals surface area contributed by atoms with Crippen LogP contribution in [0.2, 0.25) is 0 Å². The van der Waals surface area contributed by atoms with E-state index in [1.807, 2.05) is 4.90 Å². The summed E-state index contributed by atoms with van der Waals surface area (Å²) in [5.41, 5.74) is 0. The maximum atomic E-state index is 11.7. The number of aromatic nitrogens is 2. The molecule has 0 aromatic carbocycles. The van der Waals surface area contributed by atoms with Gasteiger partial charge in [-0.2, -0.15) is 0 Å². The van der Waals surface area contributed by atoms with Gasteiger partial charge in [-0.15, -0.1) is 5.10 Å². The molecule has 1 N–H and O–H groups in total. The van der Waals surface area contributed by atoms with Crippen molar-refractivity contribution in [2.24, 2.45) is 5.92 Å². The Balaban J connectivity index is 1.86. The van der Waals surface area contributed by atoms with Crippen LogP contribution >= 0.6 is 11.5 Å². The number of likely N-dealkylation sites (tertiary alicyclic amines) is 1. The molecule has 0 saturated carbocycles. The van der Waals surface area contributed by atoms with Gasteiger partial charge < -0.3 is 4.90 Å². The zero-order valence-corrected chi connectivity index (χ0v) is 9.46. The average Bonchev–Trinajstić information content (AvgIpc) is 2.71. The molecule has 0 bridgehead atoms. The second kappa shape index (κ2) is 4.57. The molecule has 0 spiro atoms. The Hall–Kier alpha value is -1.17. The number of piperidine rings is 1. The maximum Gasteiger partial charge on any atom is 0.322 e. The van der Waals surface area contributed by atoms with Gasteiger partial charge in [-0.3, -0.25) is 5.32 Å². The van der Waals surface area contributed by atoms with E-state index in [9.17, 15) is 4.79 Å². The van der Waals surface area contributed by atoms with Crippen molar-refractivity contribution in [3.05, 3.63) is 6.20 Å². The molecule has 1 aromatic rings. The highest BCUT2D eigenvalue weighted by Crippen LogP contribution is 2.17. The van der Waals surface area contributed by atoms with Gasteiger partial charge in [-0.1, -0.05) is 11.4 Å². The predicted molar refractivity (Wildman–Crippen MR) is 58.9 cm³/mol. The number of urea groups is 1. The summed E-state index contributed by atoms with van der Waals surface area (Å²) in [5.74, 6) is 0.735. The third kappa shape index (κ3) is 2.65. The topological polar surface area (TPSA) is 58.1 Å². The molecule has 0 radical (unpaired) electrons. The summed E-state index contributed by atoms with van der Waals surface area (Å²) < 4.78 is 3.69. The number of carbonyl (C=O) groups excluding carboxylic acids is 1. The van der Waals surface area contributed by atoms with E-state index in [1.165, 1.54) is 11.5 Å². The molecule has 1 aliphatic heterocycles. The molecular formula is C9H14N4OS. The van der Waals surface area contributed by atoms with E-state index >= 15 is 0 Å². The Morgan fingerprint density at radius 3 is 2.93 bits per heavy atom. The highest BCUT2D eigenvalue weighted by Gasteiger charge is 2.20. The highest BCUT2D eigenvalue weighted by atomic mass is 32.1. The first-order chi connectivity index (χ1) is 7.25. The normalized spacial score (nSPS) is 17.8. The first kappa shape index (κ1) is 10.4. The number of nitrogens with zero attached hydrogens (tertiary/aromatic N) is 3. The molecule has 1 fully saturated rings. The fourth-order valence-electron chi connectivity index (χ4n) is 1.62. The summed E-state index contributed by atoms with van der Waals surface area (Å²) in [6, 6.07) is -0.0343. The summed E-state index contributed by atoms with van der Waals surface area (Å²) in [4.78, 5) is 13.6. The van der Waals surface area contributed by atoms with Gasteiger partial charge in [0.2, 0.25) is 0 Å². The quantitative estimate of drug-likeness (QED) is 0.794. The Kier molecular flexibility index (Phi) is 3.15. The average molecular weight is 226 g/mol. The van der Waals surface area contributed by atoms with E-state index in [0.29, 0.717) is 5.00 Å². The van der Waals surface area contributed by atoms with Crippen molar-refractivity contribution in [2.75, 3.05) is 18.4 Å². The number of anilines is 1. The van der Waals surface area contributed by atoms with Crippen LogP contribution in [0.5, 0.6) is 0 Å². The number of amides is 2. The standard InChI is InChI=1S/C9H14N4OS/c1-7-2-4-13(5-3-7)9(14)11-8-6-10-12-15-8/h6-7H,2-5H2,1H3,(H,11,14). The summed E-state index contributed by atoms with van der Waals surface area (Å²) in [7, 11) is 0. The molecule has 2 amide bonds. The minimum atomic E-state index is -0.0343. The van der Waals surface area contributed by atoms with Crippen LogP contribution in [0, 0.1) is 5.92 Å². The minimum Gasteiger partial charge on any atom is -0.324 e. The van der Waals surface area contributed by atoms with E-state index in [2.05, 4.69) is 21.8 Å². The van der Waals surface area contributed by atoms with Crippen LogP contribution in [-0.4, -0.2) is 33.6 Å². The Morgan fingerprint density at radius 1 is 1.60 bits per heavy atom. The third-order valence-electron chi connectivity index (χ3n) is 2.66. The van der Waals surface area contributed by atoms with Gasteiger partial charge in [0.1, 0.15) is 5.00 Å². The number of nitrogens with one attached hydrogen (secondary N) is 1. The zero-order chi connectivity index (χ0) is 10.7. The lowest BCUT2D eigenvalue weighted by atomic mass is 10.00. The molecule has 0 unspecified atom stereocenters. The Bertz CT molecular complexity index is 319. The molecule has 1 aliphatic rings. The molecule has 1 saturated heterocycles. The lowest BCUT2D eigenvalue weighted by molar-refractivity contribution is 0.186. The van der Waals surface area contributed by atoms with Crippen molar-refractivity contribution in [3.63, 3.8) is 0 Å². The van der Waals surface area contributed by atoms with E-state index in [0.717, 1.165) is 31.8 Å². The van der Waals surface area contributed by atoms with Crippen LogP contribution in [-0.2, 0) is 0 Å². The molecule has 15 heavy (non-hydrogen) atoms. The molecule has 0 aliphatic carbocycles. The number of carbonyl (C=O) groups is 1. The fourth-order valence-corrected chi connectivity index (χ4v) is 2.03. The lowest BCUT2D eigenvalue weighted by Crippen LogP contribution is -2.40. The first-order valence-corrected chi connectivity index (χ1v) is 5.86. The zero-order valence-electron chi connectivity index (χ0n) is 8.64. The predicted octanol–water partition coefficient (Wildman–Crippen LogP) is 1.80. The van der Waals surface area contributed by atoms with Crippen LogP contribution in [0.15, 0.2) is 6.20 Å². The molecule has 2 rings (SSSR count). The fraction of sp³-hybridized carbons (Fsp3) is 0.667. The molecular weight excluding hydrogens is 212 g/mol. The molecule has 6 heteroatoms.